The van der Waals surface area contributed by atoms with Crippen LogP contribution >= 0.6 is 11.6 Å². The number of hydrogen-bond acceptors (Lipinski definition) is 2. The normalized spacial score (nSPS) is 14.4. The lowest BCUT2D eigenvalue weighted by Gasteiger charge is -2.29. The Morgan fingerprint density at radius 3 is 3.13 bits per heavy atom. The van der Waals surface area contributed by atoms with Crippen LogP contribution in [0.5, 0.6) is 5.75 Å². The van der Waals surface area contributed by atoms with Gasteiger partial charge in [0.1, 0.15) is 18.2 Å². The van der Waals surface area contributed by atoms with Crippen LogP contribution in [0.15, 0.2) is 18.2 Å². The molecule has 0 radical (unpaired) electrons. The van der Waals surface area contributed by atoms with E-state index in [-0.39, 0.29) is 11.8 Å². The van der Waals surface area contributed by atoms with Gasteiger partial charge in [0.15, 0.2) is 0 Å². The van der Waals surface area contributed by atoms with Crippen molar-refractivity contribution in [2.45, 2.75) is 6.92 Å². The molecule has 0 fully saturated rings. The predicted octanol–water partition coefficient (Wildman–Crippen LogP) is 1.96. The molecule has 0 saturated heterocycles. The number of nitrogens with zero attached hydrogens (tertiary/aromatic N) is 1. The molecule has 1 aliphatic heterocycles. The summed E-state index contributed by atoms with van der Waals surface area (Å²) in [7, 11) is 0. The van der Waals surface area contributed by atoms with Crippen molar-refractivity contribution in [3.8, 4) is 5.75 Å². The molecule has 2 rings (SSSR count). The maximum atomic E-state index is 11.6. The second kappa shape index (κ2) is 4.11. The van der Waals surface area contributed by atoms with Gasteiger partial charge in [0.05, 0.1) is 12.2 Å². The van der Waals surface area contributed by atoms with Gasteiger partial charge in [0, 0.05) is 0 Å². The molecule has 3 nitrogen and oxygen atoms in total. The smallest absolute Gasteiger partial charge is 0.242 e. The number of carbonyl (C=O) groups excluding carboxylic acids is 1. The molecule has 0 bridgehead atoms. The summed E-state index contributed by atoms with van der Waals surface area (Å²) in [6.07, 6.45) is 0. The van der Waals surface area contributed by atoms with E-state index in [2.05, 4.69) is 0 Å². The van der Waals surface area contributed by atoms with Crippen LogP contribution in [0.2, 0.25) is 0 Å². The Labute approximate surface area is 93.6 Å². The minimum Gasteiger partial charge on any atom is -0.490 e. The molecule has 80 valence electrons. The van der Waals surface area contributed by atoms with Gasteiger partial charge in [-0.1, -0.05) is 6.07 Å². The first-order valence-electron chi connectivity index (χ1n) is 4.82. The fourth-order valence-electron chi connectivity index (χ4n) is 1.66. The number of hydrogen-bond donors (Lipinski definition) is 0. The molecular formula is C11H12ClNO2. The molecule has 0 aliphatic carbocycles. The van der Waals surface area contributed by atoms with E-state index in [0.29, 0.717) is 13.2 Å². The van der Waals surface area contributed by atoms with Crippen LogP contribution in [-0.4, -0.2) is 24.9 Å². The van der Waals surface area contributed by atoms with Crippen molar-refractivity contribution in [3.63, 3.8) is 0 Å². The lowest BCUT2D eigenvalue weighted by Crippen LogP contribution is -2.38. The molecule has 0 aromatic heterocycles. The quantitative estimate of drug-likeness (QED) is 0.684. The number of halogens is 1. The van der Waals surface area contributed by atoms with Gasteiger partial charge in [-0.05, 0) is 24.6 Å². The van der Waals surface area contributed by atoms with Crippen molar-refractivity contribution in [1.82, 2.24) is 0 Å². The van der Waals surface area contributed by atoms with Crippen molar-refractivity contribution in [2.75, 3.05) is 23.9 Å². The van der Waals surface area contributed by atoms with Crippen LogP contribution in [0.25, 0.3) is 0 Å². The van der Waals surface area contributed by atoms with E-state index in [9.17, 15) is 4.79 Å². The third-order valence-corrected chi connectivity index (χ3v) is 2.62. The van der Waals surface area contributed by atoms with Crippen molar-refractivity contribution >= 4 is 23.2 Å². The summed E-state index contributed by atoms with van der Waals surface area (Å²) in [4.78, 5) is 13.2. The Hall–Kier alpha value is -1.22. The van der Waals surface area contributed by atoms with Crippen LogP contribution in [0.4, 0.5) is 5.69 Å². The lowest BCUT2D eigenvalue weighted by molar-refractivity contribution is -0.116. The number of rotatable bonds is 1. The SMILES string of the molecule is Cc1ccc2c(c1)OCCN2C(=O)CCl. The first-order chi connectivity index (χ1) is 7.22. The van der Waals surface area contributed by atoms with E-state index in [1.165, 1.54) is 0 Å². The molecule has 0 unspecified atom stereocenters. The molecule has 15 heavy (non-hydrogen) atoms. The number of benzene rings is 1. The monoisotopic (exact) mass is 225 g/mol. The Kier molecular flexibility index (Phi) is 2.82. The predicted molar refractivity (Wildman–Crippen MR) is 59.7 cm³/mol. The zero-order valence-corrected chi connectivity index (χ0v) is 9.25. The van der Waals surface area contributed by atoms with Crippen LogP contribution in [0.1, 0.15) is 5.56 Å². The van der Waals surface area contributed by atoms with Crippen LogP contribution in [-0.2, 0) is 4.79 Å². The summed E-state index contributed by atoms with van der Waals surface area (Å²) in [5.74, 6) is 0.692. The van der Waals surface area contributed by atoms with Crippen molar-refractivity contribution in [3.05, 3.63) is 23.8 Å². The summed E-state index contributed by atoms with van der Waals surface area (Å²) in [6.45, 7) is 3.09. The number of anilines is 1. The largest absolute Gasteiger partial charge is 0.490 e. The molecular weight excluding hydrogens is 214 g/mol. The second-order valence-corrected chi connectivity index (χ2v) is 3.77. The van der Waals surface area contributed by atoms with Crippen molar-refractivity contribution in [2.24, 2.45) is 0 Å². The van der Waals surface area contributed by atoms with Gasteiger partial charge in [-0.2, -0.15) is 0 Å². The topological polar surface area (TPSA) is 29.5 Å². The number of amides is 1. The van der Waals surface area contributed by atoms with E-state index in [4.69, 9.17) is 16.3 Å². The van der Waals surface area contributed by atoms with Crippen molar-refractivity contribution in [1.29, 1.82) is 0 Å². The Morgan fingerprint density at radius 1 is 1.60 bits per heavy atom. The maximum absolute atomic E-state index is 11.6. The standard InChI is InChI=1S/C11H12ClNO2/c1-8-2-3-9-10(6-8)15-5-4-13(9)11(14)7-12/h2-3,6H,4-5,7H2,1H3. The molecule has 0 atom stereocenters. The maximum Gasteiger partial charge on any atom is 0.242 e. The van der Waals surface area contributed by atoms with Gasteiger partial charge < -0.3 is 9.64 Å². The molecule has 0 N–H and O–H groups in total. The van der Waals surface area contributed by atoms with Gasteiger partial charge in [-0.25, -0.2) is 0 Å². The van der Waals surface area contributed by atoms with Gasteiger partial charge in [0.25, 0.3) is 0 Å². The van der Waals surface area contributed by atoms with E-state index >= 15 is 0 Å². The van der Waals surface area contributed by atoms with E-state index in [0.717, 1.165) is 17.0 Å². The number of alkyl halides is 1. The van der Waals surface area contributed by atoms with Crippen LogP contribution in [0.3, 0.4) is 0 Å². The minimum absolute atomic E-state index is 0.00726. The first-order valence-corrected chi connectivity index (χ1v) is 5.35. The zero-order valence-electron chi connectivity index (χ0n) is 8.50. The Morgan fingerprint density at radius 2 is 2.40 bits per heavy atom. The summed E-state index contributed by atoms with van der Waals surface area (Å²) in [5.41, 5.74) is 1.94. The highest BCUT2D eigenvalue weighted by molar-refractivity contribution is 6.29. The van der Waals surface area contributed by atoms with E-state index < -0.39 is 0 Å². The van der Waals surface area contributed by atoms with Crippen molar-refractivity contribution < 1.29 is 9.53 Å². The molecule has 0 saturated carbocycles. The molecule has 1 aromatic carbocycles. The lowest BCUT2D eigenvalue weighted by atomic mass is 10.1. The third-order valence-electron chi connectivity index (χ3n) is 2.39. The van der Waals surface area contributed by atoms with Crippen LogP contribution in [0, 0.1) is 6.92 Å². The highest BCUT2D eigenvalue weighted by Gasteiger charge is 2.22. The summed E-state index contributed by atoms with van der Waals surface area (Å²) < 4.78 is 5.49. The molecule has 1 aromatic rings. The summed E-state index contributed by atoms with van der Waals surface area (Å²) >= 11 is 5.55. The number of aryl methyl sites for hydroxylation is 1. The zero-order chi connectivity index (χ0) is 10.8. The molecule has 4 heteroatoms. The number of carbonyl (C=O) groups is 1. The second-order valence-electron chi connectivity index (χ2n) is 3.50. The number of fused-ring (bicyclic) bond motifs is 1. The molecule has 0 spiro atoms. The number of ether oxygens (including phenoxy) is 1. The highest BCUT2D eigenvalue weighted by atomic mass is 35.5. The molecule has 1 heterocycles. The molecule has 1 aliphatic rings. The van der Waals surface area contributed by atoms with E-state index in [1.807, 2.05) is 25.1 Å². The third kappa shape index (κ3) is 1.92. The highest BCUT2D eigenvalue weighted by Crippen LogP contribution is 2.32. The van der Waals surface area contributed by atoms with Gasteiger partial charge in [-0.3, -0.25) is 4.79 Å². The first kappa shape index (κ1) is 10.3. The Bertz CT molecular complexity index is 392. The fourth-order valence-corrected chi connectivity index (χ4v) is 1.80. The summed E-state index contributed by atoms with van der Waals surface area (Å²) in [5, 5.41) is 0. The van der Waals surface area contributed by atoms with Gasteiger partial charge in [0.2, 0.25) is 5.91 Å². The average molecular weight is 226 g/mol. The van der Waals surface area contributed by atoms with Crippen LogP contribution < -0.4 is 9.64 Å². The molecule has 1 amide bonds. The minimum atomic E-state index is -0.0786. The van der Waals surface area contributed by atoms with Gasteiger partial charge in [-0.15, -0.1) is 11.6 Å². The summed E-state index contributed by atoms with van der Waals surface area (Å²) in [6, 6.07) is 5.79. The average Bonchev–Trinajstić information content (AvgIpc) is 2.26. The van der Waals surface area contributed by atoms with Gasteiger partial charge >= 0.3 is 0 Å². The fraction of sp³-hybridized carbons (Fsp3) is 0.364. The van der Waals surface area contributed by atoms with E-state index in [1.54, 1.807) is 4.90 Å². The Balaban J connectivity index is 2.38.